The Hall–Kier alpha value is -10.1. The molecule has 0 spiro atoms. The molecule has 0 saturated carbocycles. The Kier molecular flexibility index (Phi) is 30.7. The minimum Gasteiger partial charge on any atom is -0.508 e. The third-order valence-electron chi connectivity index (χ3n) is 16.6. The van der Waals surface area contributed by atoms with Gasteiger partial charge in [0.15, 0.2) is 0 Å². The van der Waals surface area contributed by atoms with Gasteiger partial charge < -0.3 is 79.7 Å². The molecule has 4 aromatic carbocycles. The lowest BCUT2D eigenvalue weighted by molar-refractivity contribution is -0.142. The van der Waals surface area contributed by atoms with Gasteiger partial charge in [0.25, 0.3) is 0 Å². The zero-order valence-corrected chi connectivity index (χ0v) is 57.8. The number of rotatable bonds is 38. The zero-order valence-electron chi connectivity index (χ0n) is 57.0. The van der Waals surface area contributed by atoms with Gasteiger partial charge in [0, 0.05) is 62.6 Å². The molecule has 1 aliphatic rings. The highest BCUT2D eigenvalue weighted by Crippen LogP contribution is 2.22. The van der Waals surface area contributed by atoms with Gasteiger partial charge in [0.1, 0.15) is 66.2 Å². The first-order valence-electron chi connectivity index (χ1n) is 33.4. The van der Waals surface area contributed by atoms with E-state index in [1.807, 2.05) is 56.3 Å². The number of likely N-dealkylation sites (tertiary alicyclic amines) is 1. The molecule has 6 rings (SSSR count). The van der Waals surface area contributed by atoms with Gasteiger partial charge in [-0.1, -0.05) is 112 Å². The summed E-state index contributed by atoms with van der Waals surface area (Å²) in [4.78, 5) is 173. The SMILES string of the molecule is CC(=O)N[C@H](Cc1ccc2ccccc2c1)C(=O)N[C@H](Cc1ccc(Cl)cc1)C(=O)N[C@H](Cc1cccnc1)C(=O)N[C@@H](CO)C(=O)N[C@@H](Cc1ccc(O)cc1)C(=O)N[C@H](CC(N)=O)C(=O)N[C@@H](CC(C)C)C(=O)N[C@@H](CCCCNC(C)C)C(=O)N1CCC[C@H]1C(=O)N[C@H](C)C(N)=O. The summed E-state index contributed by atoms with van der Waals surface area (Å²) < 4.78 is 0. The van der Waals surface area contributed by atoms with Crippen molar-refractivity contribution >= 4 is 93.3 Å². The van der Waals surface area contributed by atoms with E-state index in [0.29, 0.717) is 53.1 Å². The number of aliphatic hydroxyl groups is 1. The predicted molar refractivity (Wildman–Crippen MR) is 373 cm³/mol. The lowest BCUT2D eigenvalue weighted by atomic mass is 9.99. The minimum atomic E-state index is -1.86. The molecule has 28 nitrogen and oxygen atoms in total. The Balaban J connectivity index is 1.23. The fourth-order valence-corrected chi connectivity index (χ4v) is 11.5. The molecule has 0 bridgehead atoms. The average Bonchev–Trinajstić information content (AvgIpc) is 1.47. The van der Waals surface area contributed by atoms with Crippen LogP contribution in [0.15, 0.2) is 116 Å². The van der Waals surface area contributed by atoms with Gasteiger partial charge in [-0.05, 0) is 121 Å². The number of carbonyl (C=O) groups is 12. The maximum absolute atomic E-state index is 14.8. The highest BCUT2D eigenvalue weighted by Gasteiger charge is 2.40. The number of benzene rings is 4. The molecule has 0 unspecified atom stereocenters. The zero-order chi connectivity index (χ0) is 73.2. The Morgan fingerprint density at radius 2 is 1.06 bits per heavy atom. The summed E-state index contributed by atoms with van der Waals surface area (Å²) in [6.07, 6.45) is 3.18. The van der Waals surface area contributed by atoms with Crippen LogP contribution in [0.3, 0.4) is 0 Å². The van der Waals surface area contributed by atoms with Crippen molar-refractivity contribution < 1.29 is 67.7 Å². The van der Waals surface area contributed by atoms with E-state index >= 15 is 0 Å². The van der Waals surface area contributed by atoms with Crippen molar-refractivity contribution in [1.82, 2.24) is 63.1 Å². The standard InChI is InChI=1S/C71H93ClN14O14/c1-40(2)31-53(63(92)79-52(16-9-10-29-76-41(3)4)71(100)86-30-12-17-60(86)70(99)77-42(5)62(74)91)80-68(97)58(37-61(73)90)84-66(95)56(34-45-21-26-51(89)27-22-45)83-69(98)59(39-87)85-67(96)57(36-47-13-11-28-75-38-47)82-65(94)55(33-44-19-24-50(72)25-20-44)81-64(93)54(78-43(6)88)35-46-18-23-48-14-7-8-15-49(48)32-46/h7-8,11,13-15,18-28,32,38,40-42,52-60,76,87,89H,9-10,12,16-17,29-31,33-37,39H2,1-6H3,(H2,73,90)(H2,74,91)(H,77,99)(H,78,88)(H,79,92)(H,80,97)(H,81,93)(H,82,94)(H,83,98)(H,84,95)(H,85,96)/t42-,52+,53+,54-,55-,56+,57-,58-,59+,60+/m1/s1. The normalized spacial score (nSPS) is 15.5. The van der Waals surface area contributed by atoms with Crippen LogP contribution in [0.2, 0.25) is 5.02 Å². The van der Waals surface area contributed by atoms with Crippen LogP contribution in [-0.4, -0.2) is 177 Å². The maximum Gasteiger partial charge on any atom is 0.245 e. The highest BCUT2D eigenvalue weighted by molar-refractivity contribution is 6.30. The molecule has 538 valence electrons. The summed E-state index contributed by atoms with van der Waals surface area (Å²) in [6.45, 7) is 9.80. The summed E-state index contributed by atoms with van der Waals surface area (Å²) in [5.41, 5.74) is 13.1. The van der Waals surface area contributed by atoms with Crippen molar-refractivity contribution in [3.8, 4) is 5.75 Å². The molecule has 16 N–H and O–H groups in total. The van der Waals surface area contributed by atoms with Gasteiger partial charge in [0.2, 0.25) is 70.9 Å². The molecular formula is C71H93ClN14O14. The highest BCUT2D eigenvalue weighted by atomic mass is 35.5. The second kappa shape index (κ2) is 38.9. The monoisotopic (exact) mass is 1400 g/mol. The van der Waals surface area contributed by atoms with Gasteiger partial charge in [-0.25, -0.2) is 0 Å². The maximum atomic E-state index is 14.8. The molecule has 5 aromatic rings. The molecule has 1 aromatic heterocycles. The third-order valence-corrected chi connectivity index (χ3v) is 16.9. The average molecular weight is 1400 g/mol. The van der Waals surface area contributed by atoms with Crippen LogP contribution < -0.4 is 64.6 Å². The number of primary amides is 2. The van der Waals surface area contributed by atoms with Crippen LogP contribution in [-0.2, 0) is 83.2 Å². The number of aromatic nitrogens is 1. The fourth-order valence-electron chi connectivity index (χ4n) is 11.4. The first-order valence-corrected chi connectivity index (χ1v) is 33.8. The Labute approximate surface area is 585 Å². The van der Waals surface area contributed by atoms with E-state index in [1.54, 1.807) is 50.2 Å². The summed E-state index contributed by atoms with van der Waals surface area (Å²) in [7, 11) is 0. The number of unbranched alkanes of at least 4 members (excludes halogenated alkanes) is 1. The van der Waals surface area contributed by atoms with Crippen LogP contribution in [0.5, 0.6) is 5.75 Å². The number of phenolic OH excluding ortho intramolecular Hbond substituents is 1. The van der Waals surface area contributed by atoms with Crippen molar-refractivity contribution in [1.29, 1.82) is 0 Å². The second-order valence-corrected chi connectivity index (χ2v) is 26.2. The van der Waals surface area contributed by atoms with Gasteiger partial charge in [0.05, 0.1) is 13.0 Å². The molecule has 1 aliphatic heterocycles. The summed E-state index contributed by atoms with van der Waals surface area (Å²) >= 11 is 6.22. The molecular weight excluding hydrogens is 1310 g/mol. The number of nitrogens with zero attached hydrogens (tertiary/aromatic N) is 2. The van der Waals surface area contributed by atoms with E-state index < -0.39 is 144 Å². The largest absolute Gasteiger partial charge is 0.508 e. The van der Waals surface area contributed by atoms with Crippen molar-refractivity contribution in [2.75, 3.05) is 19.7 Å². The van der Waals surface area contributed by atoms with E-state index in [2.05, 4.69) is 58.2 Å². The van der Waals surface area contributed by atoms with E-state index in [-0.39, 0.29) is 69.2 Å². The molecule has 1 fully saturated rings. The number of nitrogens with two attached hydrogens (primary N) is 2. The number of pyridine rings is 1. The number of aromatic hydroxyl groups is 1. The molecule has 10 atom stereocenters. The van der Waals surface area contributed by atoms with Crippen LogP contribution in [0.25, 0.3) is 10.8 Å². The fraction of sp³-hybridized carbons (Fsp3) is 0.451. The summed E-state index contributed by atoms with van der Waals surface area (Å²) in [5, 5.41) is 50.1. The van der Waals surface area contributed by atoms with E-state index in [9.17, 15) is 67.7 Å². The van der Waals surface area contributed by atoms with Crippen LogP contribution in [0.4, 0.5) is 0 Å². The van der Waals surface area contributed by atoms with Crippen LogP contribution in [0.1, 0.15) is 109 Å². The Morgan fingerprint density at radius 1 is 0.560 bits per heavy atom. The number of aliphatic hydroxyl groups excluding tert-OH is 1. The van der Waals surface area contributed by atoms with Crippen molar-refractivity contribution in [2.24, 2.45) is 17.4 Å². The van der Waals surface area contributed by atoms with Gasteiger partial charge in [-0.3, -0.25) is 62.5 Å². The van der Waals surface area contributed by atoms with Gasteiger partial charge in [-0.2, -0.15) is 0 Å². The molecule has 2 heterocycles. The number of carbonyl (C=O) groups excluding carboxylic acids is 12. The number of hydrogen-bond acceptors (Lipinski definition) is 16. The third kappa shape index (κ3) is 25.3. The van der Waals surface area contributed by atoms with Gasteiger partial charge in [-0.15, -0.1) is 0 Å². The smallest absolute Gasteiger partial charge is 0.245 e. The molecule has 1 saturated heterocycles. The first kappa shape index (κ1) is 78.9. The Bertz CT molecular complexity index is 3660. The molecule has 0 radical (unpaired) electrons. The second-order valence-electron chi connectivity index (χ2n) is 25.7. The lowest BCUT2D eigenvalue weighted by Crippen LogP contribution is -2.62. The Morgan fingerprint density at radius 3 is 1.61 bits per heavy atom. The minimum absolute atomic E-state index is 0.0252. The van der Waals surface area contributed by atoms with E-state index in [4.69, 9.17) is 23.1 Å². The summed E-state index contributed by atoms with van der Waals surface area (Å²) in [6, 6.07) is 14.3. The number of halogens is 1. The van der Waals surface area contributed by atoms with Gasteiger partial charge >= 0.3 is 0 Å². The van der Waals surface area contributed by atoms with Crippen molar-refractivity contribution in [3.05, 3.63) is 143 Å². The van der Waals surface area contributed by atoms with Crippen molar-refractivity contribution in [3.63, 3.8) is 0 Å². The van der Waals surface area contributed by atoms with Crippen molar-refractivity contribution in [2.45, 2.75) is 179 Å². The number of amides is 12. The molecule has 0 aliphatic carbocycles. The topological polar surface area (TPSA) is 434 Å². The van der Waals surface area contributed by atoms with E-state index in [0.717, 1.165) is 10.8 Å². The summed E-state index contributed by atoms with van der Waals surface area (Å²) in [5.74, 6) is -10.8. The molecule has 100 heavy (non-hydrogen) atoms. The predicted octanol–water partition coefficient (Wildman–Crippen LogP) is 0.826. The molecule has 12 amide bonds. The quantitative estimate of drug-likeness (QED) is 0.0243. The van der Waals surface area contributed by atoms with Crippen LogP contribution in [0, 0.1) is 5.92 Å². The first-order chi connectivity index (χ1) is 47.6. The number of nitrogens with one attached hydrogen (secondary N) is 10. The van der Waals surface area contributed by atoms with E-state index in [1.165, 1.54) is 55.4 Å². The number of phenols is 1. The lowest BCUT2D eigenvalue weighted by Gasteiger charge is -2.31. The number of hydrogen-bond donors (Lipinski definition) is 14. The molecule has 29 heteroatoms. The number of fused-ring (bicyclic) bond motifs is 1. The van der Waals surface area contributed by atoms with Crippen LogP contribution >= 0.6 is 11.6 Å².